The van der Waals surface area contributed by atoms with Crippen LogP contribution in [0, 0.1) is 17.5 Å². The zero-order valence-electron chi connectivity index (χ0n) is 27.7. The molecule has 1 fully saturated rings. The summed E-state index contributed by atoms with van der Waals surface area (Å²) in [4.78, 5) is 47.3. The number of nitrogen functional groups attached to an aromatic ring is 1. The van der Waals surface area contributed by atoms with Crippen LogP contribution in [0.2, 0.25) is 0 Å². The molecule has 0 radical (unpaired) electrons. The van der Waals surface area contributed by atoms with Crippen molar-refractivity contribution in [3.63, 3.8) is 0 Å². The molecule has 270 valence electrons. The summed E-state index contributed by atoms with van der Waals surface area (Å²) < 4.78 is 69.2. The topological polar surface area (TPSA) is 205 Å². The lowest BCUT2D eigenvalue weighted by Crippen LogP contribution is -2.43. The molecule has 0 spiro atoms. The van der Waals surface area contributed by atoms with Crippen LogP contribution in [-0.2, 0) is 15.8 Å². The molecule has 2 atom stereocenters. The Morgan fingerprint density at radius 1 is 1.10 bits per heavy atom. The number of aliphatic imine (C=N–C) groups is 1. The molecule has 0 saturated heterocycles. The predicted molar refractivity (Wildman–Crippen MR) is 180 cm³/mol. The maximum absolute atomic E-state index is 14.7. The molecule has 12 nitrogen and oxygen atoms in total. The molecule has 8 N–H and O–H groups in total. The van der Waals surface area contributed by atoms with E-state index in [2.05, 4.69) is 15.3 Å². The number of anilines is 1. The summed E-state index contributed by atoms with van der Waals surface area (Å²) in [5.41, 5.74) is 12.0. The van der Waals surface area contributed by atoms with Crippen molar-refractivity contribution in [1.82, 2.24) is 10.3 Å². The number of aliphatic hydroxyl groups is 1. The average molecular weight is 721 g/mol. The first-order chi connectivity index (χ1) is 24.5. The standard InChI is InChI=1S/C36H32F4N6O6/c1-34(33(43)49)16-52-30-23(34)13-27(46-29(30)21-11-24(38)25(39)12-22(21)31(42)47)36(50,19-4-3-5-20(37)10-19)15-44-32(48)17-8-18(14-45-35(40)6-7-35)28(41)26(9-17)51-2/h3-5,8-14,50H,6-7,15-16,41H2,1-2H3,(H2,42,47)(H2,43,49)(H,44,48)/b45-14+/t34-,36-/m0/s1. The first kappa shape index (κ1) is 35.8. The van der Waals surface area contributed by atoms with E-state index in [0.717, 1.165) is 12.1 Å². The van der Waals surface area contributed by atoms with Crippen LogP contribution >= 0.6 is 0 Å². The van der Waals surface area contributed by atoms with Crippen LogP contribution in [0.4, 0.5) is 23.2 Å². The highest BCUT2D eigenvalue weighted by Crippen LogP contribution is 2.47. The van der Waals surface area contributed by atoms with Gasteiger partial charge >= 0.3 is 0 Å². The van der Waals surface area contributed by atoms with Gasteiger partial charge in [-0.2, -0.15) is 0 Å². The van der Waals surface area contributed by atoms with E-state index < -0.39 is 64.1 Å². The van der Waals surface area contributed by atoms with Crippen LogP contribution in [0.15, 0.2) is 59.6 Å². The van der Waals surface area contributed by atoms with Gasteiger partial charge in [0, 0.05) is 41.3 Å². The molecule has 16 heteroatoms. The molecule has 0 unspecified atom stereocenters. The Morgan fingerprint density at radius 3 is 2.44 bits per heavy atom. The number of primary amides is 2. The minimum absolute atomic E-state index is 0.0369. The Morgan fingerprint density at radius 2 is 1.81 bits per heavy atom. The molecule has 1 aromatic heterocycles. The van der Waals surface area contributed by atoms with Gasteiger partial charge in [-0.3, -0.25) is 19.4 Å². The number of methoxy groups -OCH3 is 1. The van der Waals surface area contributed by atoms with E-state index in [1.807, 2.05) is 0 Å². The molecule has 3 amide bonds. The number of fused-ring (bicyclic) bond motifs is 1. The fourth-order valence-corrected chi connectivity index (χ4v) is 5.80. The Balaban J connectivity index is 1.50. The van der Waals surface area contributed by atoms with Gasteiger partial charge in [0.05, 0.1) is 30.6 Å². The lowest BCUT2D eigenvalue weighted by molar-refractivity contribution is -0.123. The monoisotopic (exact) mass is 720 g/mol. The maximum Gasteiger partial charge on any atom is 0.251 e. The number of nitrogens with two attached hydrogens (primary N) is 3. The highest BCUT2D eigenvalue weighted by atomic mass is 19.2. The third-order valence-electron chi connectivity index (χ3n) is 9.18. The maximum atomic E-state index is 14.7. The number of benzene rings is 3. The predicted octanol–water partition coefficient (Wildman–Crippen LogP) is 3.54. The fraction of sp³-hybridized carbons (Fsp3) is 0.250. The number of halogens is 4. The van der Waals surface area contributed by atoms with E-state index in [-0.39, 0.29) is 75.8 Å². The number of hydrogen-bond donors (Lipinski definition) is 5. The van der Waals surface area contributed by atoms with Gasteiger partial charge in [0.2, 0.25) is 11.8 Å². The van der Waals surface area contributed by atoms with E-state index >= 15 is 0 Å². The number of rotatable bonds is 11. The molecule has 4 aromatic rings. The number of carbonyl (C=O) groups is 3. The van der Waals surface area contributed by atoms with Gasteiger partial charge in [-0.15, -0.1) is 0 Å². The number of amides is 3. The molecule has 1 saturated carbocycles. The van der Waals surface area contributed by atoms with Crippen molar-refractivity contribution < 1.29 is 46.5 Å². The van der Waals surface area contributed by atoms with Crippen LogP contribution in [-0.4, -0.2) is 60.1 Å². The summed E-state index contributed by atoms with van der Waals surface area (Å²) in [6, 6.07) is 9.81. The molecular formula is C36H32F4N6O6. The lowest BCUT2D eigenvalue weighted by Gasteiger charge is -2.30. The van der Waals surface area contributed by atoms with Crippen molar-refractivity contribution in [2.24, 2.45) is 16.5 Å². The summed E-state index contributed by atoms with van der Waals surface area (Å²) in [6.07, 6.45) is 1.67. The average Bonchev–Trinajstić information content (AvgIpc) is 3.75. The Labute approximate surface area is 293 Å². The number of pyridine rings is 1. The van der Waals surface area contributed by atoms with Crippen LogP contribution in [0.1, 0.15) is 62.9 Å². The zero-order chi connectivity index (χ0) is 37.7. The molecule has 1 aliphatic heterocycles. The minimum Gasteiger partial charge on any atom is -0.495 e. The van der Waals surface area contributed by atoms with Crippen molar-refractivity contribution in [2.45, 2.75) is 36.6 Å². The van der Waals surface area contributed by atoms with Gasteiger partial charge in [0.15, 0.2) is 17.4 Å². The summed E-state index contributed by atoms with van der Waals surface area (Å²) in [7, 11) is 1.31. The van der Waals surface area contributed by atoms with Crippen LogP contribution < -0.4 is 32.0 Å². The van der Waals surface area contributed by atoms with E-state index in [1.165, 1.54) is 50.6 Å². The first-order valence-corrected chi connectivity index (χ1v) is 15.8. The number of carbonyl (C=O) groups excluding carboxylic acids is 3. The van der Waals surface area contributed by atoms with E-state index in [4.69, 9.17) is 26.7 Å². The van der Waals surface area contributed by atoms with Gasteiger partial charge in [0.1, 0.15) is 40.6 Å². The summed E-state index contributed by atoms with van der Waals surface area (Å²) in [5, 5.41) is 15.1. The molecule has 2 aliphatic rings. The van der Waals surface area contributed by atoms with Gasteiger partial charge in [-0.05, 0) is 55.0 Å². The molecular weight excluding hydrogens is 688 g/mol. The number of ether oxygens (including phenoxy) is 2. The molecule has 6 rings (SSSR count). The number of nitrogens with one attached hydrogen (secondary N) is 1. The van der Waals surface area contributed by atoms with Gasteiger partial charge in [-0.1, -0.05) is 12.1 Å². The van der Waals surface area contributed by atoms with Crippen molar-refractivity contribution in [1.29, 1.82) is 0 Å². The second-order valence-electron chi connectivity index (χ2n) is 12.8. The summed E-state index contributed by atoms with van der Waals surface area (Å²) in [5.74, 6) is -8.17. The second-order valence-corrected chi connectivity index (χ2v) is 12.8. The lowest BCUT2D eigenvalue weighted by atomic mass is 9.80. The van der Waals surface area contributed by atoms with Crippen molar-refractivity contribution in [2.75, 3.05) is 26.0 Å². The summed E-state index contributed by atoms with van der Waals surface area (Å²) >= 11 is 0. The number of alkyl halides is 1. The Hall–Kier alpha value is -6.03. The molecule has 0 bridgehead atoms. The van der Waals surface area contributed by atoms with Crippen LogP contribution in [0.3, 0.4) is 0 Å². The normalized spacial score (nSPS) is 18.3. The number of hydrogen-bond acceptors (Lipinski definition) is 9. The molecule has 2 heterocycles. The first-order valence-electron chi connectivity index (χ1n) is 15.8. The third-order valence-corrected chi connectivity index (χ3v) is 9.18. The molecule has 3 aromatic carbocycles. The van der Waals surface area contributed by atoms with Gasteiger partial charge in [-0.25, -0.2) is 22.5 Å². The van der Waals surface area contributed by atoms with Crippen LogP contribution in [0.25, 0.3) is 11.3 Å². The summed E-state index contributed by atoms with van der Waals surface area (Å²) in [6.45, 7) is 0.384. The smallest absolute Gasteiger partial charge is 0.251 e. The quantitative estimate of drug-likeness (QED) is 0.0669. The number of nitrogens with zero attached hydrogens (tertiary/aromatic N) is 2. The van der Waals surface area contributed by atoms with Gasteiger partial charge < -0.3 is 37.1 Å². The highest BCUT2D eigenvalue weighted by molar-refractivity contribution is 6.01. The fourth-order valence-electron chi connectivity index (χ4n) is 5.80. The van der Waals surface area contributed by atoms with Gasteiger partial charge in [0.25, 0.3) is 5.91 Å². The largest absolute Gasteiger partial charge is 0.495 e. The second kappa shape index (κ2) is 12.9. The zero-order valence-corrected chi connectivity index (χ0v) is 27.7. The Bertz CT molecular complexity index is 2200. The number of aromatic nitrogens is 1. The van der Waals surface area contributed by atoms with Crippen LogP contribution in [0.5, 0.6) is 11.5 Å². The molecule has 52 heavy (non-hydrogen) atoms. The van der Waals surface area contributed by atoms with Crippen molar-refractivity contribution in [3.8, 4) is 22.8 Å². The highest BCUT2D eigenvalue weighted by Gasteiger charge is 2.46. The van der Waals surface area contributed by atoms with E-state index in [0.29, 0.717) is 12.1 Å². The van der Waals surface area contributed by atoms with Crippen molar-refractivity contribution >= 4 is 29.6 Å². The van der Waals surface area contributed by atoms with E-state index in [9.17, 15) is 37.1 Å². The van der Waals surface area contributed by atoms with Crippen molar-refractivity contribution in [3.05, 3.63) is 106 Å². The Kier molecular flexibility index (Phi) is 8.90. The SMILES string of the molecule is COc1cc(C(=O)NC[C@](O)(c2cccc(F)c2)c2cc3c(c(-c4cc(F)c(F)cc4C(N)=O)n2)OC[C@]3(C)C(N)=O)cc(/C=N/C2(F)CC2)c1N. The minimum atomic E-state index is -2.43. The van der Waals surface area contributed by atoms with E-state index in [1.54, 1.807) is 0 Å². The molecule has 1 aliphatic carbocycles. The third kappa shape index (κ3) is 6.36.